The second-order valence-electron chi connectivity index (χ2n) is 10.9. The van der Waals surface area contributed by atoms with Gasteiger partial charge >= 0.3 is 7.05 Å². The van der Waals surface area contributed by atoms with E-state index in [1.165, 1.54) is 22.3 Å². The maximum atomic E-state index is 6.76. The van der Waals surface area contributed by atoms with Gasteiger partial charge in [-0.15, -0.1) is 0 Å². The molecule has 1 aromatic heterocycles. The quantitative estimate of drug-likeness (QED) is 0.214. The Labute approximate surface area is 247 Å². The summed E-state index contributed by atoms with van der Waals surface area (Å²) in [7, 11) is 1.37. The number of hydrogen-bond acceptors (Lipinski definition) is 3. The van der Waals surface area contributed by atoms with Crippen LogP contribution < -0.4 is 14.9 Å². The summed E-state index contributed by atoms with van der Waals surface area (Å²) in [5.41, 5.74) is 13.1. The number of aliphatic imine (C=N–C) groups is 1. The number of nitrogens with zero attached hydrogens (tertiary/aromatic N) is 2. The average molecular weight is 546 g/mol. The Kier molecular flexibility index (Phi) is 6.43. The summed E-state index contributed by atoms with van der Waals surface area (Å²) >= 11 is 0. The van der Waals surface area contributed by atoms with Gasteiger partial charge in [0.1, 0.15) is 11.5 Å². The summed E-state index contributed by atoms with van der Waals surface area (Å²) in [5, 5.41) is 0. The van der Waals surface area contributed by atoms with Crippen molar-refractivity contribution < 1.29 is 9.39 Å². The molecule has 0 amide bonds. The van der Waals surface area contributed by atoms with E-state index in [0.29, 0.717) is 0 Å². The molecule has 0 saturated heterocycles. The number of benzene rings is 4. The molecular formula is C37H31BN2O2. The van der Waals surface area contributed by atoms with Crippen molar-refractivity contribution in [3.63, 3.8) is 0 Å². The molecule has 0 atom stereocenters. The van der Waals surface area contributed by atoms with Crippen molar-refractivity contribution in [3.8, 4) is 22.8 Å². The maximum Gasteiger partial charge on any atom is 0.524 e. The van der Waals surface area contributed by atoms with Gasteiger partial charge in [0, 0.05) is 28.1 Å². The number of aromatic nitrogens is 1. The molecule has 5 aromatic rings. The lowest BCUT2D eigenvalue weighted by molar-refractivity contribution is 0.414. The zero-order valence-corrected chi connectivity index (χ0v) is 24.3. The lowest BCUT2D eigenvalue weighted by Crippen LogP contribution is -2.46. The van der Waals surface area contributed by atoms with Gasteiger partial charge in [0.05, 0.1) is 18.5 Å². The highest BCUT2D eigenvalue weighted by Gasteiger charge is 2.36. The second-order valence-corrected chi connectivity index (χ2v) is 10.9. The van der Waals surface area contributed by atoms with Crippen molar-refractivity contribution in [3.05, 3.63) is 154 Å². The highest BCUT2D eigenvalue weighted by Crippen LogP contribution is 2.42. The van der Waals surface area contributed by atoms with Crippen LogP contribution >= 0.6 is 0 Å². The molecule has 3 heterocycles. The number of rotatable bonds is 5. The van der Waals surface area contributed by atoms with Crippen molar-refractivity contribution in [2.45, 2.75) is 20.8 Å². The first-order valence-corrected chi connectivity index (χ1v) is 14.3. The van der Waals surface area contributed by atoms with E-state index in [9.17, 15) is 0 Å². The molecule has 5 heteroatoms. The standard InChI is InChI=1S/C37H31BN2O2/c1-24-22-25(2)36(26(3)23-24)37(31-19-18-30(39-31)28-14-8-10-16-34(28)41-4)33-21-20-32-29-15-9-11-17-35(29)42-38(40(32)33)27-12-6-5-7-13-27/h5-23H,1-4H3/b37-31+. The van der Waals surface area contributed by atoms with Crippen LogP contribution in [0.4, 0.5) is 0 Å². The summed E-state index contributed by atoms with van der Waals surface area (Å²) in [5.74, 6) is 1.69. The first-order chi connectivity index (χ1) is 20.5. The molecule has 0 spiro atoms. The number of para-hydroxylation sites is 2. The first kappa shape index (κ1) is 25.9. The third-order valence-corrected chi connectivity index (χ3v) is 8.10. The van der Waals surface area contributed by atoms with Crippen molar-refractivity contribution in [2.24, 2.45) is 4.99 Å². The minimum absolute atomic E-state index is 0.328. The van der Waals surface area contributed by atoms with Crippen molar-refractivity contribution in [1.82, 2.24) is 4.48 Å². The Morgan fingerprint density at radius 2 is 1.45 bits per heavy atom. The lowest BCUT2D eigenvalue weighted by Gasteiger charge is -2.29. The molecule has 0 saturated carbocycles. The molecule has 7 rings (SSSR count). The summed E-state index contributed by atoms with van der Waals surface area (Å²) in [6.45, 7) is 6.54. The second kappa shape index (κ2) is 10.4. The van der Waals surface area contributed by atoms with Gasteiger partial charge in [-0.2, -0.15) is 0 Å². The van der Waals surface area contributed by atoms with Gasteiger partial charge in [-0.3, -0.25) is 0 Å². The Morgan fingerprint density at radius 3 is 2.21 bits per heavy atom. The SMILES string of the molecule is COc1ccccc1C1=N/C(=C(/c2c(C)cc(C)cc2C)c2ccc3n2B(c2ccccc2)Oc2ccccc2-3)C=C1. The number of fused-ring (bicyclic) bond motifs is 3. The first-order valence-electron chi connectivity index (χ1n) is 14.3. The van der Waals surface area contributed by atoms with E-state index in [-0.39, 0.29) is 7.05 Å². The van der Waals surface area contributed by atoms with Crippen LogP contribution in [0, 0.1) is 20.8 Å². The van der Waals surface area contributed by atoms with Crippen molar-refractivity contribution in [1.29, 1.82) is 0 Å². The zero-order valence-electron chi connectivity index (χ0n) is 24.3. The molecule has 0 fully saturated rings. The largest absolute Gasteiger partial charge is 0.537 e. The van der Waals surface area contributed by atoms with Crippen LogP contribution in [0.1, 0.15) is 33.5 Å². The molecule has 0 radical (unpaired) electrons. The Hall–Kier alpha value is -5.03. The minimum atomic E-state index is -0.328. The van der Waals surface area contributed by atoms with Crippen LogP contribution in [-0.2, 0) is 0 Å². The van der Waals surface area contributed by atoms with Crippen LogP contribution in [0.2, 0.25) is 0 Å². The van der Waals surface area contributed by atoms with Gasteiger partial charge in [0.2, 0.25) is 0 Å². The lowest BCUT2D eigenvalue weighted by atomic mass is 9.70. The van der Waals surface area contributed by atoms with Crippen LogP contribution in [0.15, 0.2) is 126 Å². The minimum Gasteiger partial charge on any atom is -0.537 e. The topological polar surface area (TPSA) is 35.8 Å². The Balaban J connectivity index is 1.52. The fourth-order valence-electron chi connectivity index (χ4n) is 6.38. The van der Waals surface area contributed by atoms with Crippen molar-refractivity contribution in [2.75, 3.05) is 7.11 Å². The van der Waals surface area contributed by atoms with Gasteiger partial charge in [0.15, 0.2) is 0 Å². The normalized spacial score (nSPS) is 14.7. The predicted octanol–water partition coefficient (Wildman–Crippen LogP) is 7.54. The third kappa shape index (κ3) is 4.29. The molecule has 2 aliphatic rings. The van der Waals surface area contributed by atoms with E-state index >= 15 is 0 Å². The summed E-state index contributed by atoms with van der Waals surface area (Å²) in [4.78, 5) is 5.25. The summed E-state index contributed by atoms with van der Waals surface area (Å²) < 4.78 is 14.8. The predicted molar refractivity (Wildman–Crippen MR) is 173 cm³/mol. The fraction of sp³-hybridized carbons (Fsp3) is 0.108. The summed E-state index contributed by atoms with van der Waals surface area (Å²) in [6, 6.07) is 35.7. The molecule has 0 unspecified atom stereocenters. The molecular weight excluding hydrogens is 515 g/mol. The number of hydrogen-bond donors (Lipinski definition) is 0. The third-order valence-electron chi connectivity index (χ3n) is 8.10. The average Bonchev–Trinajstić information content (AvgIpc) is 3.67. The molecule has 0 aliphatic carbocycles. The van der Waals surface area contributed by atoms with E-state index in [0.717, 1.165) is 56.5 Å². The number of ether oxygens (including phenoxy) is 1. The highest BCUT2D eigenvalue weighted by atomic mass is 16.5. The number of aryl methyl sites for hydroxylation is 3. The van der Waals surface area contributed by atoms with E-state index in [4.69, 9.17) is 14.4 Å². The Morgan fingerprint density at radius 1 is 0.762 bits per heavy atom. The van der Waals surface area contributed by atoms with Crippen LogP contribution in [0.3, 0.4) is 0 Å². The molecule has 42 heavy (non-hydrogen) atoms. The highest BCUT2D eigenvalue weighted by molar-refractivity contribution is 6.67. The zero-order chi connectivity index (χ0) is 28.8. The van der Waals surface area contributed by atoms with E-state index < -0.39 is 0 Å². The van der Waals surface area contributed by atoms with Gasteiger partial charge in [-0.25, -0.2) is 4.99 Å². The van der Waals surface area contributed by atoms with Crippen LogP contribution in [0.25, 0.3) is 16.8 Å². The van der Waals surface area contributed by atoms with Gasteiger partial charge in [-0.1, -0.05) is 72.3 Å². The number of allylic oxidation sites excluding steroid dienone is 2. The van der Waals surface area contributed by atoms with Gasteiger partial charge in [0.25, 0.3) is 0 Å². The smallest absolute Gasteiger partial charge is 0.524 e. The maximum absolute atomic E-state index is 6.76. The Bertz CT molecular complexity index is 1910. The molecule has 2 aliphatic heterocycles. The number of methoxy groups -OCH3 is 1. The monoisotopic (exact) mass is 546 g/mol. The molecule has 4 aromatic carbocycles. The van der Waals surface area contributed by atoms with Crippen LogP contribution in [0.5, 0.6) is 11.5 Å². The van der Waals surface area contributed by atoms with E-state index in [1.807, 2.05) is 30.3 Å². The van der Waals surface area contributed by atoms with Gasteiger partial charge < -0.3 is 13.9 Å². The van der Waals surface area contributed by atoms with Gasteiger partial charge in [-0.05, 0) is 91.5 Å². The molecule has 0 N–H and O–H groups in total. The van der Waals surface area contributed by atoms with Crippen molar-refractivity contribution >= 4 is 23.8 Å². The molecule has 0 bridgehead atoms. The van der Waals surface area contributed by atoms with Crippen LogP contribution in [-0.4, -0.2) is 24.4 Å². The van der Waals surface area contributed by atoms with E-state index in [1.54, 1.807) is 7.11 Å². The molecule has 4 nitrogen and oxygen atoms in total. The fourth-order valence-corrected chi connectivity index (χ4v) is 6.38. The van der Waals surface area contributed by atoms with E-state index in [2.05, 4.69) is 110 Å². The molecule has 204 valence electrons. The summed E-state index contributed by atoms with van der Waals surface area (Å²) in [6.07, 6.45) is 4.22.